The zero-order chi connectivity index (χ0) is 21.1. The molecule has 2 N–H and O–H groups in total. The number of thiazole rings is 1. The molecule has 0 unspecified atom stereocenters. The molecule has 4 rings (SSSR count). The van der Waals surface area contributed by atoms with Gasteiger partial charge in [-0.05, 0) is 61.1 Å². The smallest absolute Gasteiger partial charge is 0.257 e. The summed E-state index contributed by atoms with van der Waals surface area (Å²) in [4.78, 5) is 17.2. The van der Waals surface area contributed by atoms with Gasteiger partial charge in [-0.2, -0.15) is 0 Å². The lowest BCUT2D eigenvalue weighted by atomic mass is 10.1. The van der Waals surface area contributed by atoms with Crippen molar-refractivity contribution in [3.63, 3.8) is 0 Å². The minimum Gasteiger partial charge on any atom is -0.497 e. The van der Waals surface area contributed by atoms with Crippen molar-refractivity contribution in [3.8, 4) is 16.3 Å². The first kappa shape index (κ1) is 20.0. The van der Waals surface area contributed by atoms with Crippen LogP contribution >= 0.6 is 23.6 Å². The fourth-order valence-electron chi connectivity index (χ4n) is 3.08. The van der Waals surface area contributed by atoms with E-state index in [-0.39, 0.29) is 11.0 Å². The molecule has 0 bridgehead atoms. The average molecular weight is 434 g/mol. The fourth-order valence-corrected chi connectivity index (χ4v) is 4.33. The predicted octanol–water partition coefficient (Wildman–Crippen LogP) is 5.41. The van der Waals surface area contributed by atoms with Gasteiger partial charge in [0.05, 0.1) is 17.3 Å². The van der Waals surface area contributed by atoms with Crippen LogP contribution in [-0.2, 0) is 0 Å². The third-order valence-corrected chi connectivity index (χ3v) is 5.94. The number of benzene rings is 3. The number of carbonyl (C=O) groups excluding carboxylic acids is 1. The monoisotopic (exact) mass is 433 g/mol. The van der Waals surface area contributed by atoms with Crippen LogP contribution in [0.2, 0.25) is 0 Å². The molecule has 0 aliphatic heterocycles. The number of para-hydroxylation sites is 1. The fraction of sp³-hybridized carbons (Fsp3) is 0.0870. The summed E-state index contributed by atoms with van der Waals surface area (Å²) < 4.78 is 6.31. The van der Waals surface area contributed by atoms with Crippen molar-refractivity contribution in [2.24, 2.45) is 0 Å². The first-order valence-corrected chi connectivity index (χ1v) is 10.5. The van der Waals surface area contributed by atoms with Crippen molar-refractivity contribution in [1.29, 1.82) is 0 Å². The van der Waals surface area contributed by atoms with Crippen molar-refractivity contribution in [3.05, 3.63) is 77.9 Å². The lowest BCUT2D eigenvalue weighted by molar-refractivity contribution is 0.0977. The minimum atomic E-state index is -0.300. The Morgan fingerprint density at radius 1 is 1.07 bits per heavy atom. The molecule has 1 aromatic heterocycles. The Hall–Kier alpha value is -3.29. The molecule has 3 aromatic carbocycles. The van der Waals surface area contributed by atoms with Crippen LogP contribution in [-0.4, -0.2) is 23.1 Å². The molecule has 1 heterocycles. The van der Waals surface area contributed by atoms with Crippen LogP contribution in [0.1, 0.15) is 15.9 Å². The standard InChI is InChI=1S/C23H19N3O2S2/c1-14-17(22-24-19-10-3-4-12-20(19)30-22)9-6-11-18(14)25-23(29)26-21(27)15-7-5-8-16(13-15)28-2/h3-13H,1-2H3,(H2,25,26,27,29). The molecule has 150 valence electrons. The van der Waals surface area contributed by atoms with Crippen LogP contribution in [0.4, 0.5) is 5.69 Å². The topological polar surface area (TPSA) is 63.2 Å². The summed E-state index contributed by atoms with van der Waals surface area (Å²) in [5.41, 5.74) is 4.31. The van der Waals surface area contributed by atoms with Gasteiger partial charge in [0.15, 0.2) is 5.11 Å². The van der Waals surface area contributed by atoms with Gasteiger partial charge in [-0.3, -0.25) is 10.1 Å². The first-order chi connectivity index (χ1) is 14.5. The van der Waals surface area contributed by atoms with Gasteiger partial charge < -0.3 is 10.1 Å². The molecule has 7 heteroatoms. The van der Waals surface area contributed by atoms with Crippen molar-refractivity contribution >= 4 is 50.5 Å². The highest BCUT2D eigenvalue weighted by molar-refractivity contribution is 7.80. The Labute approximate surface area is 183 Å². The van der Waals surface area contributed by atoms with Crippen molar-refractivity contribution in [2.45, 2.75) is 6.92 Å². The molecule has 0 atom stereocenters. The zero-order valence-electron chi connectivity index (χ0n) is 16.4. The highest BCUT2D eigenvalue weighted by Crippen LogP contribution is 2.34. The zero-order valence-corrected chi connectivity index (χ0v) is 18.1. The molecular weight excluding hydrogens is 414 g/mol. The van der Waals surface area contributed by atoms with Gasteiger partial charge in [0.1, 0.15) is 10.8 Å². The van der Waals surface area contributed by atoms with Crippen LogP contribution in [0.3, 0.4) is 0 Å². The number of ether oxygens (including phenoxy) is 1. The van der Waals surface area contributed by atoms with Crippen molar-refractivity contribution in [1.82, 2.24) is 10.3 Å². The number of carbonyl (C=O) groups is 1. The molecule has 0 radical (unpaired) electrons. The van der Waals surface area contributed by atoms with Crippen LogP contribution in [0.15, 0.2) is 66.7 Å². The molecule has 0 saturated heterocycles. The number of fused-ring (bicyclic) bond motifs is 1. The van der Waals surface area contributed by atoms with Crippen molar-refractivity contribution in [2.75, 3.05) is 12.4 Å². The average Bonchev–Trinajstić information content (AvgIpc) is 3.19. The molecule has 1 amide bonds. The van der Waals surface area contributed by atoms with E-state index in [2.05, 4.69) is 16.7 Å². The van der Waals surface area contributed by atoms with Gasteiger partial charge in [0, 0.05) is 16.8 Å². The van der Waals surface area contributed by atoms with E-state index in [0.717, 1.165) is 32.0 Å². The highest BCUT2D eigenvalue weighted by atomic mass is 32.1. The second kappa shape index (κ2) is 8.61. The minimum absolute atomic E-state index is 0.229. The van der Waals surface area contributed by atoms with Crippen molar-refractivity contribution < 1.29 is 9.53 Å². The molecule has 0 aliphatic carbocycles. The maximum atomic E-state index is 12.5. The summed E-state index contributed by atoms with van der Waals surface area (Å²) in [5, 5.41) is 7.02. The van der Waals surface area contributed by atoms with Gasteiger partial charge >= 0.3 is 0 Å². The largest absolute Gasteiger partial charge is 0.497 e. The van der Waals surface area contributed by atoms with E-state index < -0.39 is 0 Å². The summed E-state index contributed by atoms with van der Waals surface area (Å²) >= 11 is 7.01. The Bertz CT molecular complexity index is 1220. The maximum Gasteiger partial charge on any atom is 0.257 e. The summed E-state index contributed by atoms with van der Waals surface area (Å²) in [5.74, 6) is 0.312. The molecule has 5 nitrogen and oxygen atoms in total. The molecule has 0 aliphatic rings. The van der Waals surface area contributed by atoms with Crippen LogP contribution < -0.4 is 15.4 Å². The van der Waals surface area contributed by atoms with E-state index in [9.17, 15) is 4.79 Å². The normalized spacial score (nSPS) is 10.6. The first-order valence-electron chi connectivity index (χ1n) is 9.27. The second-order valence-electron chi connectivity index (χ2n) is 6.61. The van der Waals surface area contributed by atoms with Gasteiger partial charge in [0.25, 0.3) is 5.91 Å². The Morgan fingerprint density at radius 2 is 1.87 bits per heavy atom. The number of hydrogen-bond acceptors (Lipinski definition) is 5. The molecule has 0 saturated carbocycles. The van der Waals surface area contributed by atoms with E-state index in [1.807, 2.05) is 43.3 Å². The number of methoxy groups -OCH3 is 1. The van der Waals surface area contributed by atoms with Gasteiger partial charge in [-0.25, -0.2) is 4.98 Å². The van der Waals surface area contributed by atoms with E-state index in [4.69, 9.17) is 21.9 Å². The number of rotatable bonds is 4. The van der Waals surface area contributed by atoms with E-state index in [1.54, 1.807) is 42.7 Å². The molecule has 0 fully saturated rings. The number of thiocarbonyl (C=S) groups is 1. The maximum absolute atomic E-state index is 12.5. The summed E-state index contributed by atoms with van der Waals surface area (Å²) in [7, 11) is 1.56. The van der Waals surface area contributed by atoms with E-state index in [1.165, 1.54) is 0 Å². The predicted molar refractivity (Wildman–Crippen MR) is 126 cm³/mol. The number of anilines is 1. The molecule has 30 heavy (non-hydrogen) atoms. The SMILES string of the molecule is COc1cccc(C(=O)NC(=S)Nc2cccc(-c3nc4ccccc4s3)c2C)c1. The molecule has 4 aromatic rings. The Kier molecular flexibility index (Phi) is 5.74. The third-order valence-electron chi connectivity index (χ3n) is 4.67. The quantitative estimate of drug-likeness (QED) is 0.422. The second-order valence-corrected chi connectivity index (χ2v) is 8.04. The van der Waals surface area contributed by atoms with E-state index >= 15 is 0 Å². The summed E-state index contributed by atoms with van der Waals surface area (Å²) in [6.07, 6.45) is 0. The summed E-state index contributed by atoms with van der Waals surface area (Å²) in [6, 6.07) is 20.9. The Morgan fingerprint density at radius 3 is 2.67 bits per heavy atom. The van der Waals surface area contributed by atoms with Crippen LogP contribution in [0.5, 0.6) is 5.75 Å². The number of aromatic nitrogens is 1. The number of amides is 1. The van der Waals surface area contributed by atoms with Gasteiger partial charge in [-0.1, -0.05) is 30.3 Å². The van der Waals surface area contributed by atoms with Crippen LogP contribution in [0.25, 0.3) is 20.8 Å². The number of nitrogens with one attached hydrogen (secondary N) is 2. The van der Waals surface area contributed by atoms with Crippen LogP contribution in [0, 0.1) is 6.92 Å². The number of nitrogens with zero attached hydrogens (tertiary/aromatic N) is 1. The lowest BCUT2D eigenvalue weighted by Crippen LogP contribution is -2.34. The third kappa shape index (κ3) is 4.17. The summed E-state index contributed by atoms with van der Waals surface area (Å²) in [6.45, 7) is 2.01. The Balaban J connectivity index is 1.52. The lowest BCUT2D eigenvalue weighted by Gasteiger charge is -2.14. The highest BCUT2D eigenvalue weighted by Gasteiger charge is 2.13. The molecule has 0 spiro atoms. The van der Waals surface area contributed by atoms with E-state index in [0.29, 0.717) is 11.3 Å². The van der Waals surface area contributed by atoms with Gasteiger partial charge in [0.2, 0.25) is 0 Å². The molecular formula is C23H19N3O2S2. The number of hydrogen-bond donors (Lipinski definition) is 2. The van der Waals surface area contributed by atoms with Gasteiger partial charge in [-0.15, -0.1) is 11.3 Å².